The fourth-order valence-corrected chi connectivity index (χ4v) is 1.89. The smallest absolute Gasteiger partial charge is 0.338 e. The number of rotatable bonds is 5. The molecule has 0 saturated heterocycles. The van der Waals surface area contributed by atoms with E-state index in [4.69, 9.17) is 0 Å². The predicted octanol–water partition coefficient (Wildman–Crippen LogP) is 2.86. The number of anilines is 1. The van der Waals surface area contributed by atoms with Crippen LogP contribution in [0.1, 0.15) is 29.0 Å². The summed E-state index contributed by atoms with van der Waals surface area (Å²) in [4.78, 5) is 25.5. The van der Waals surface area contributed by atoms with E-state index in [-0.39, 0.29) is 17.3 Å². The summed E-state index contributed by atoms with van der Waals surface area (Å²) in [5.74, 6) is -1.23. The quantitative estimate of drug-likeness (QED) is 0.647. The van der Waals surface area contributed by atoms with Crippen LogP contribution < -0.4 is 5.32 Å². The van der Waals surface area contributed by atoms with E-state index in [1.807, 2.05) is 19.1 Å². The van der Waals surface area contributed by atoms with Gasteiger partial charge in [-0.05, 0) is 25.1 Å². The molecule has 21 heavy (non-hydrogen) atoms. The molecule has 0 fully saturated rings. The van der Waals surface area contributed by atoms with Crippen molar-refractivity contribution in [2.45, 2.75) is 13.0 Å². The van der Waals surface area contributed by atoms with Gasteiger partial charge in [-0.25, -0.2) is 4.79 Å². The monoisotopic (exact) mass is 287 g/mol. The summed E-state index contributed by atoms with van der Waals surface area (Å²) in [5, 5.41) is 22.9. The van der Waals surface area contributed by atoms with Gasteiger partial charge in [-0.15, -0.1) is 0 Å². The average molecular weight is 287 g/mol. The van der Waals surface area contributed by atoms with Crippen molar-refractivity contribution in [3.8, 4) is 0 Å². The molecule has 0 aliphatic heterocycles. The highest BCUT2D eigenvalue weighted by Gasteiger charge is 2.17. The molecule has 0 saturated carbocycles. The van der Waals surface area contributed by atoms with Crippen molar-refractivity contribution >= 4 is 17.3 Å². The molecule has 0 aliphatic carbocycles. The number of carboxylic acids is 1. The number of aromatic nitrogens is 1. The second kappa shape index (κ2) is 6.00. The molecule has 2 aromatic rings. The molecule has 108 valence electrons. The molecule has 0 spiro atoms. The van der Waals surface area contributed by atoms with E-state index < -0.39 is 10.9 Å². The Morgan fingerprint density at radius 1 is 1.38 bits per heavy atom. The second-order valence-electron chi connectivity index (χ2n) is 4.41. The molecule has 0 radical (unpaired) electrons. The van der Waals surface area contributed by atoms with Crippen LogP contribution in [-0.2, 0) is 0 Å². The summed E-state index contributed by atoms with van der Waals surface area (Å²) < 4.78 is 0. The molecule has 0 amide bonds. The Hall–Kier alpha value is -2.96. The Morgan fingerprint density at radius 2 is 2.14 bits per heavy atom. The van der Waals surface area contributed by atoms with Crippen molar-refractivity contribution in [1.29, 1.82) is 0 Å². The van der Waals surface area contributed by atoms with Gasteiger partial charge in [0, 0.05) is 24.0 Å². The third-order valence-electron chi connectivity index (χ3n) is 2.95. The molecule has 0 bridgehead atoms. The van der Waals surface area contributed by atoms with Crippen molar-refractivity contribution in [1.82, 2.24) is 4.98 Å². The molecule has 2 rings (SSSR count). The van der Waals surface area contributed by atoms with Crippen LogP contribution in [0.15, 0.2) is 42.6 Å². The summed E-state index contributed by atoms with van der Waals surface area (Å²) >= 11 is 0. The van der Waals surface area contributed by atoms with Crippen molar-refractivity contribution in [3.63, 3.8) is 0 Å². The summed E-state index contributed by atoms with van der Waals surface area (Å²) in [6.45, 7) is 1.83. The standard InChI is InChI=1S/C14H13N3O4/c1-9(12-4-2-3-7-15-12)16-13-6-5-10(17(20)21)8-11(13)14(18)19/h2-9,16H,1H3,(H,18,19). The zero-order chi connectivity index (χ0) is 15.4. The minimum absolute atomic E-state index is 0.146. The number of nitro benzene ring substituents is 1. The number of pyridine rings is 1. The van der Waals surface area contributed by atoms with E-state index in [0.717, 1.165) is 11.8 Å². The van der Waals surface area contributed by atoms with Gasteiger partial charge in [0.2, 0.25) is 0 Å². The lowest BCUT2D eigenvalue weighted by Gasteiger charge is -2.16. The van der Waals surface area contributed by atoms with Crippen molar-refractivity contribution in [3.05, 3.63) is 64.0 Å². The van der Waals surface area contributed by atoms with Gasteiger partial charge in [0.15, 0.2) is 0 Å². The van der Waals surface area contributed by atoms with Crippen LogP contribution in [0, 0.1) is 10.1 Å². The van der Waals surface area contributed by atoms with Gasteiger partial charge in [-0.3, -0.25) is 15.1 Å². The number of carbonyl (C=O) groups is 1. The first-order valence-corrected chi connectivity index (χ1v) is 6.18. The number of nitrogens with one attached hydrogen (secondary N) is 1. The molecule has 0 aliphatic rings. The first-order chi connectivity index (χ1) is 9.99. The molecule has 7 heteroatoms. The first kappa shape index (κ1) is 14.4. The fraction of sp³-hybridized carbons (Fsp3) is 0.143. The minimum Gasteiger partial charge on any atom is -0.478 e. The van der Waals surface area contributed by atoms with Gasteiger partial charge in [0.25, 0.3) is 5.69 Å². The van der Waals surface area contributed by atoms with Crippen molar-refractivity contribution in [2.24, 2.45) is 0 Å². The highest BCUT2D eigenvalue weighted by atomic mass is 16.6. The van der Waals surface area contributed by atoms with E-state index in [0.29, 0.717) is 5.69 Å². The minimum atomic E-state index is -1.23. The fourth-order valence-electron chi connectivity index (χ4n) is 1.89. The normalized spacial score (nSPS) is 11.7. The van der Waals surface area contributed by atoms with E-state index in [1.54, 1.807) is 12.3 Å². The van der Waals surface area contributed by atoms with Crippen LogP contribution in [-0.4, -0.2) is 21.0 Å². The third kappa shape index (κ3) is 3.33. The second-order valence-corrected chi connectivity index (χ2v) is 4.41. The van der Waals surface area contributed by atoms with E-state index in [9.17, 15) is 20.0 Å². The van der Waals surface area contributed by atoms with Crippen LogP contribution >= 0.6 is 0 Å². The van der Waals surface area contributed by atoms with Crippen LogP contribution in [0.2, 0.25) is 0 Å². The van der Waals surface area contributed by atoms with Crippen LogP contribution in [0.4, 0.5) is 11.4 Å². The molecule has 7 nitrogen and oxygen atoms in total. The summed E-state index contributed by atoms with van der Waals surface area (Å²) in [7, 11) is 0. The highest BCUT2D eigenvalue weighted by Crippen LogP contribution is 2.25. The molecular weight excluding hydrogens is 274 g/mol. The Morgan fingerprint density at radius 3 is 2.71 bits per heavy atom. The molecule has 2 N–H and O–H groups in total. The zero-order valence-corrected chi connectivity index (χ0v) is 11.2. The van der Waals surface area contributed by atoms with Crippen LogP contribution in [0.25, 0.3) is 0 Å². The van der Waals surface area contributed by atoms with Gasteiger partial charge in [0.05, 0.1) is 22.2 Å². The molecular formula is C14H13N3O4. The first-order valence-electron chi connectivity index (χ1n) is 6.18. The lowest BCUT2D eigenvalue weighted by Crippen LogP contribution is -2.12. The maximum atomic E-state index is 11.2. The molecule has 1 aromatic heterocycles. The lowest BCUT2D eigenvalue weighted by molar-refractivity contribution is -0.384. The number of hydrogen-bond donors (Lipinski definition) is 2. The van der Waals surface area contributed by atoms with Crippen molar-refractivity contribution in [2.75, 3.05) is 5.32 Å². The summed E-state index contributed by atoms with van der Waals surface area (Å²) in [6.07, 6.45) is 1.64. The SMILES string of the molecule is CC(Nc1ccc([N+](=O)[O-])cc1C(=O)O)c1ccccn1. The molecule has 1 aromatic carbocycles. The molecule has 1 unspecified atom stereocenters. The number of aromatic carboxylic acids is 1. The average Bonchev–Trinajstić information content (AvgIpc) is 2.48. The van der Waals surface area contributed by atoms with E-state index in [2.05, 4.69) is 10.3 Å². The zero-order valence-electron chi connectivity index (χ0n) is 11.2. The van der Waals surface area contributed by atoms with Gasteiger partial charge in [-0.1, -0.05) is 6.07 Å². The number of benzene rings is 1. The number of nitrogens with zero attached hydrogens (tertiary/aromatic N) is 2. The Kier molecular flexibility index (Phi) is 4.13. The summed E-state index contributed by atoms with van der Waals surface area (Å²) in [6, 6.07) is 8.88. The van der Waals surface area contributed by atoms with Gasteiger partial charge < -0.3 is 10.4 Å². The largest absolute Gasteiger partial charge is 0.478 e. The van der Waals surface area contributed by atoms with Gasteiger partial charge >= 0.3 is 5.97 Å². The van der Waals surface area contributed by atoms with Crippen molar-refractivity contribution < 1.29 is 14.8 Å². The number of nitro groups is 1. The summed E-state index contributed by atoms with van der Waals surface area (Å²) in [5.41, 5.74) is 0.647. The topological polar surface area (TPSA) is 105 Å². The third-order valence-corrected chi connectivity index (χ3v) is 2.95. The van der Waals surface area contributed by atoms with E-state index in [1.165, 1.54) is 12.1 Å². The maximum Gasteiger partial charge on any atom is 0.338 e. The maximum absolute atomic E-state index is 11.2. The number of carboxylic acid groups (broad SMARTS) is 1. The van der Waals surface area contributed by atoms with Crippen LogP contribution in [0.5, 0.6) is 0 Å². The van der Waals surface area contributed by atoms with E-state index >= 15 is 0 Å². The van der Waals surface area contributed by atoms with Gasteiger partial charge in [-0.2, -0.15) is 0 Å². The Bertz CT molecular complexity index is 673. The predicted molar refractivity (Wildman–Crippen MR) is 76.3 cm³/mol. The highest BCUT2D eigenvalue weighted by molar-refractivity contribution is 5.95. The lowest BCUT2D eigenvalue weighted by atomic mass is 10.1. The van der Waals surface area contributed by atoms with Crippen LogP contribution in [0.3, 0.4) is 0 Å². The molecule has 1 atom stereocenters. The number of non-ortho nitro benzene ring substituents is 1. The Balaban J connectivity index is 2.31. The molecule has 1 heterocycles. The van der Waals surface area contributed by atoms with Gasteiger partial charge in [0.1, 0.15) is 0 Å². The number of hydrogen-bond acceptors (Lipinski definition) is 5. The Labute approximate surface area is 120 Å².